The van der Waals surface area contributed by atoms with Gasteiger partial charge < -0.3 is 20.9 Å². The Kier molecular flexibility index (Phi) is 6.23. The van der Waals surface area contributed by atoms with Gasteiger partial charge in [-0.1, -0.05) is 61.0 Å². The van der Waals surface area contributed by atoms with E-state index in [0.717, 1.165) is 24.8 Å². The second kappa shape index (κ2) is 9.62. The smallest absolute Gasteiger partial charge is 0.253 e. The molecule has 1 fully saturated rings. The molecular weight excluding hydrogens is 440 g/mol. The number of anilines is 3. The molecule has 0 radical (unpaired) electrons. The van der Waals surface area contributed by atoms with Crippen molar-refractivity contribution in [3.8, 4) is 0 Å². The number of rotatable bonds is 5. The minimum atomic E-state index is -0.399. The van der Waals surface area contributed by atoms with Gasteiger partial charge in [-0.25, -0.2) is 0 Å². The number of para-hydroxylation sites is 3. The summed E-state index contributed by atoms with van der Waals surface area (Å²) in [5.74, 6) is -0.883. The van der Waals surface area contributed by atoms with Crippen molar-refractivity contribution in [2.45, 2.75) is 31.8 Å². The van der Waals surface area contributed by atoms with Gasteiger partial charge in [0.2, 0.25) is 11.8 Å². The number of hydrogen-bond acceptors (Lipinski definition) is 4. The monoisotopic (exact) mass is 468 g/mol. The second-order valence-electron chi connectivity index (χ2n) is 9.04. The standard InChI is InChI=1S/C28H28N4O3/c29-22-13-5-4-11-20(22)27(34)30-17-26(33)32-23-16-8-12-21(23)28(35)31(18-19-9-2-1-3-10-19)24-14-6-7-15-25(24)32/h1-7,9-11,13-15,21,23H,8,12,16-18,29H2,(H,30,34)/t21-,23+/m0/s1. The Morgan fingerprint density at radius 2 is 1.57 bits per heavy atom. The van der Waals surface area contributed by atoms with Crippen LogP contribution >= 0.6 is 0 Å². The molecule has 3 aromatic carbocycles. The third-order valence-corrected chi connectivity index (χ3v) is 6.88. The topological polar surface area (TPSA) is 95.7 Å². The Hall–Kier alpha value is -4.13. The molecule has 1 heterocycles. The molecule has 1 aliphatic carbocycles. The van der Waals surface area contributed by atoms with Crippen LogP contribution in [0.1, 0.15) is 35.2 Å². The maximum Gasteiger partial charge on any atom is 0.253 e. The van der Waals surface area contributed by atoms with Crippen LogP contribution in [-0.2, 0) is 16.1 Å². The average Bonchev–Trinajstić information content (AvgIpc) is 3.33. The van der Waals surface area contributed by atoms with Crippen LogP contribution in [0.25, 0.3) is 0 Å². The molecule has 178 valence electrons. The van der Waals surface area contributed by atoms with Gasteiger partial charge in [-0.3, -0.25) is 14.4 Å². The van der Waals surface area contributed by atoms with E-state index in [2.05, 4.69) is 5.32 Å². The molecule has 1 saturated carbocycles. The lowest BCUT2D eigenvalue weighted by Crippen LogP contribution is -2.48. The van der Waals surface area contributed by atoms with E-state index in [1.165, 1.54) is 0 Å². The molecule has 0 unspecified atom stereocenters. The third-order valence-electron chi connectivity index (χ3n) is 6.88. The van der Waals surface area contributed by atoms with Gasteiger partial charge in [0.25, 0.3) is 5.91 Å². The van der Waals surface area contributed by atoms with E-state index in [4.69, 9.17) is 5.73 Å². The fraction of sp³-hybridized carbons (Fsp3) is 0.250. The largest absolute Gasteiger partial charge is 0.398 e. The van der Waals surface area contributed by atoms with Gasteiger partial charge in [0.1, 0.15) is 0 Å². The van der Waals surface area contributed by atoms with Gasteiger partial charge in [-0.15, -0.1) is 0 Å². The fourth-order valence-electron chi connectivity index (χ4n) is 5.22. The number of nitrogen functional groups attached to an aromatic ring is 1. The normalized spacial score (nSPS) is 19.0. The van der Waals surface area contributed by atoms with Crippen LogP contribution in [0, 0.1) is 5.92 Å². The lowest BCUT2D eigenvalue weighted by Gasteiger charge is -2.30. The zero-order valence-electron chi connectivity index (χ0n) is 19.4. The highest BCUT2D eigenvalue weighted by Crippen LogP contribution is 2.43. The van der Waals surface area contributed by atoms with Crippen LogP contribution in [0.3, 0.4) is 0 Å². The number of amides is 3. The molecule has 0 saturated heterocycles. The molecule has 7 nitrogen and oxygen atoms in total. The first-order chi connectivity index (χ1) is 17.0. The summed E-state index contributed by atoms with van der Waals surface area (Å²) in [6, 6.07) is 23.9. The van der Waals surface area contributed by atoms with Crippen LogP contribution in [-0.4, -0.2) is 30.3 Å². The van der Waals surface area contributed by atoms with Gasteiger partial charge >= 0.3 is 0 Å². The van der Waals surface area contributed by atoms with Gasteiger partial charge in [-0.2, -0.15) is 0 Å². The van der Waals surface area contributed by atoms with Crippen molar-refractivity contribution in [3.63, 3.8) is 0 Å². The number of carbonyl (C=O) groups is 3. The second-order valence-corrected chi connectivity index (χ2v) is 9.04. The van der Waals surface area contributed by atoms with E-state index in [1.54, 1.807) is 29.2 Å². The molecular formula is C28H28N4O3. The molecule has 0 aromatic heterocycles. The predicted molar refractivity (Wildman–Crippen MR) is 136 cm³/mol. The third kappa shape index (κ3) is 4.37. The molecule has 2 aliphatic rings. The predicted octanol–water partition coefficient (Wildman–Crippen LogP) is 3.75. The number of hydrogen-bond donors (Lipinski definition) is 2. The molecule has 1 aliphatic heterocycles. The van der Waals surface area contributed by atoms with Crippen LogP contribution < -0.4 is 20.9 Å². The first-order valence-corrected chi connectivity index (χ1v) is 11.9. The molecule has 5 rings (SSSR count). The van der Waals surface area contributed by atoms with Crippen LogP contribution in [0.4, 0.5) is 17.1 Å². The maximum atomic E-state index is 13.8. The lowest BCUT2D eigenvalue weighted by atomic mass is 10.0. The number of fused-ring (bicyclic) bond motifs is 2. The Morgan fingerprint density at radius 1 is 0.886 bits per heavy atom. The zero-order valence-corrected chi connectivity index (χ0v) is 19.4. The highest BCUT2D eigenvalue weighted by Gasteiger charge is 2.45. The number of nitrogens with zero attached hydrogens (tertiary/aromatic N) is 2. The molecule has 2 atom stereocenters. The number of benzene rings is 3. The average molecular weight is 469 g/mol. The summed E-state index contributed by atoms with van der Waals surface area (Å²) in [6.45, 7) is 0.254. The minimum absolute atomic E-state index is 0.0418. The summed E-state index contributed by atoms with van der Waals surface area (Å²) >= 11 is 0. The Balaban J connectivity index is 1.46. The molecule has 3 amide bonds. The molecule has 7 heteroatoms. The van der Waals surface area contributed by atoms with Crippen molar-refractivity contribution < 1.29 is 14.4 Å². The summed E-state index contributed by atoms with van der Waals surface area (Å²) in [5.41, 5.74) is 9.04. The number of carbonyl (C=O) groups excluding carboxylic acids is 3. The molecule has 3 aromatic rings. The van der Waals surface area contributed by atoms with E-state index < -0.39 is 5.91 Å². The summed E-state index contributed by atoms with van der Waals surface area (Å²) in [6.07, 6.45) is 2.35. The molecule has 0 spiro atoms. The number of nitrogens with one attached hydrogen (secondary N) is 1. The Labute approximate surface area is 204 Å². The van der Waals surface area contributed by atoms with Crippen LogP contribution in [0.5, 0.6) is 0 Å². The van der Waals surface area contributed by atoms with E-state index in [-0.39, 0.29) is 30.3 Å². The van der Waals surface area contributed by atoms with Crippen molar-refractivity contribution in [3.05, 3.63) is 90.0 Å². The molecule has 35 heavy (non-hydrogen) atoms. The van der Waals surface area contributed by atoms with E-state index in [0.29, 0.717) is 29.2 Å². The lowest BCUT2D eigenvalue weighted by molar-refractivity contribution is -0.123. The van der Waals surface area contributed by atoms with E-state index in [9.17, 15) is 14.4 Å². The Morgan fingerprint density at radius 3 is 2.34 bits per heavy atom. The highest BCUT2D eigenvalue weighted by atomic mass is 16.2. The van der Waals surface area contributed by atoms with Crippen molar-refractivity contribution in [2.75, 3.05) is 22.1 Å². The Bertz CT molecular complexity index is 1260. The van der Waals surface area contributed by atoms with Gasteiger partial charge in [0, 0.05) is 11.7 Å². The first kappa shape index (κ1) is 22.7. The van der Waals surface area contributed by atoms with E-state index in [1.807, 2.05) is 59.5 Å². The van der Waals surface area contributed by atoms with Crippen molar-refractivity contribution in [1.82, 2.24) is 5.32 Å². The van der Waals surface area contributed by atoms with Gasteiger partial charge in [0.15, 0.2) is 0 Å². The highest BCUT2D eigenvalue weighted by molar-refractivity contribution is 6.08. The van der Waals surface area contributed by atoms with Crippen molar-refractivity contribution in [1.29, 1.82) is 0 Å². The maximum absolute atomic E-state index is 13.8. The summed E-state index contributed by atoms with van der Waals surface area (Å²) in [5, 5.41) is 2.72. The van der Waals surface area contributed by atoms with Crippen LogP contribution in [0.2, 0.25) is 0 Å². The zero-order chi connectivity index (χ0) is 24.4. The summed E-state index contributed by atoms with van der Waals surface area (Å²) in [7, 11) is 0. The van der Waals surface area contributed by atoms with Gasteiger partial charge in [-0.05, 0) is 42.7 Å². The summed E-state index contributed by atoms with van der Waals surface area (Å²) in [4.78, 5) is 43.6. The van der Waals surface area contributed by atoms with Crippen molar-refractivity contribution in [2.24, 2.45) is 5.92 Å². The summed E-state index contributed by atoms with van der Waals surface area (Å²) < 4.78 is 0. The van der Waals surface area contributed by atoms with Crippen molar-refractivity contribution >= 4 is 34.8 Å². The minimum Gasteiger partial charge on any atom is -0.398 e. The van der Waals surface area contributed by atoms with E-state index >= 15 is 0 Å². The van der Waals surface area contributed by atoms with Gasteiger partial charge in [0.05, 0.1) is 35.9 Å². The van der Waals surface area contributed by atoms with Crippen LogP contribution in [0.15, 0.2) is 78.9 Å². The number of nitrogens with two attached hydrogens (primary N) is 1. The molecule has 3 N–H and O–H groups in total. The molecule has 0 bridgehead atoms. The SMILES string of the molecule is Nc1ccccc1C(=O)NCC(=O)N1c2ccccc2N(Cc2ccccc2)C(=O)[C@H]2CCC[C@H]21. The first-order valence-electron chi connectivity index (χ1n) is 11.9. The fourth-order valence-corrected chi connectivity index (χ4v) is 5.22. The quantitative estimate of drug-likeness (QED) is 0.558.